The summed E-state index contributed by atoms with van der Waals surface area (Å²) < 4.78 is 34.6. The van der Waals surface area contributed by atoms with Crippen LogP contribution in [0.1, 0.15) is 0 Å². The molecule has 0 aromatic heterocycles. The molecule has 0 amide bonds. The number of ether oxygens (including phenoxy) is 2. The van der Waals surface area contributed by atoms with Gasteiger partial charge in [0.2, 0.25) is 5.14 Å². The summed E-state index contributed by atoms with van der Waals surface area (Å²) in [5.74, 6) is -0.358. The van der Waals surface area contributed by atoms with E-state index in [9.17, 15) is 8.96 Å². The fraction of sp³-hybridized carbons (Fsp3) is 0.667. The van der Waals surface area contributed by atoms with Crippen molar-refractivity contribution in [2.45, 2.75) is 12.3 Å². The van der Waals surface area contributed by atoms with Crippen molar-refractivity contribution in [3.05, 3.63) is 11.9 Å². The Kier molecular flexibility index (Phi) is 5.37. The first-order valence-corrected chi connectivity index (χ1v) is 10.1. The van der Waals surface area contributed by atoms with E-state index in [1.807, 2.05) is 44.4 Å². The van der Waals surface area contributed by atoms with Crippen molar-refractivity contribution in [2.75, 3.05) is 13.0 Å². The maximum Gasteiger partial charge on any atom is 0.245 e. The monoisotopic (exact) mass is 443 g/mol. The van der Waals surface area contributed by atoms with Crippen molar-refractivity contribution < 1.29 is 18.4 Å². The summed E-state index contributed by atoms with van der Waals surface area (Å²) in [5, 5.41) is 1.57. The lowest BCUT2D eigenvalue weighted by Gasteiger charge is -2.13. The molecule has 8 heteroatoms. The molecule has 0 saturated carbocycles. The van der Waals surface area contributed by atoms with E-state index in [0.717, 1.165) is 0 Å². The van der Waals surface area contributed by atoms with Gasteiger partial charge in [0.25, 0.3) is 0 Å². The zero-order chi connectivity index (χ0) is 10.8. The largest absolute Gasteiger partial charge is 0.347 e. The molecule has 0 N–H and O–H groups in total. The second kappa shape index (κ2) is 5.61. The number of hydrogen-bond donors (Lipinski definition) is 0. The third-order valence-electron chi connectivity index (χ3n) is 1.43. The highest BCUT2D eigenvalue weighted by Crippen LogP contribution is 2.50. The van der Waals surface area contributed by atoms with E-state index in [2.05, 4.69) is 0 Å². The minimum Gasteiger partial charge on any atom is -0.347 e. The Labute approximate surface area is 109 Å². The molecule has 3 atom stereocenters. The lowest BCUT2D eigenvalue weighted by Crippen LogP contribution is -2.19. The molecule has 0 aliphatic carbocycles. The van der Waals surface area contributed by atoms with E-state index in [4.69, 9.17) is 9.47 Å². The first kappa shape index (κ1) is 13.4. The highest BCUT2D eigenvalue weighted by atomic mass is 127. The van der Waals surface area contributed by atoms with Gasteiger partial charge in [-0.25, -0.2) is 4.39 Å². The van der Waals surface area contributed by atoms with E-state index in [-0.39, 0.29) is 12.2 Å². The number of rotatable bonds is 4. The zero-order valence-electron chi connectivity index (χ0n) is 7.32. The van der Waals surface area contributed by atoms with Gasteiger partial charge >= 0.3 is 0 Å². The zero-order valence-corrected chi connectivity index (χ0v) is 12.5. The van der Waals surface area contributed by atoms with E-state index in [0.29, 0.717) is 0 Å². The van der Waals surface area contributed by atoms with Crippen LogP contribution in [0.3, 0.4) is 0 Å². The molecule has 1 aliphatic rings. The SMILES string of the molecule is CP(=O)(I)CO[C@@H]1C=C(F)[C@H]([B]I)O1. The van der Waals surface area contributed by atoms with Gasteiger partial charge in [-0.2, -0.15) is 22.4 Å². The molecular weight excluding hydrogens is 435 g/mol. The van der Waals surface area contributed by atoms with E-state index in [1.54, 1.807) is 11.8 Å². The molecule has 79 valence electrons. The van der Waals surface area contributed by atoms with Gasteiger partial charge in [-0.15, -0.1) is 0 Å². The number of halogens is 3. The average Bonchev–Trinajstić information content (AvgIpc) is 2.42. The van der Waals surface area contributed by atoms with Gasteiger partial charge in [0.15, 0.2) is 11.1 Å². The number of hydrogen-bond acceptors (Lipinski definition) is 3. The van der Waals surface area contributed by atoms with Crippen molar-refractivity contribution >= 4 is 54.3 Å². The minimum atomic E-state index is -2.26. The quantitative estimate of drug-likeness (QED) is 0.382. The van der Waals surface area contributed by atoms with Crippen LogP contribution < -0.4 is 0 Å². The van der Waals surface area contributed by atoms with Gasteiger partial charge in [0.05, 0.1) is 6.00 Å². The lowest BCUT2D eigenvalue weighted by atomic mass is 10.00. The molecule has 3 nitrogen and oxygen atoms in total. The van der Waals surface area contributed by atoms with E-state index >= 15 is 0 Å². The second-order valence-corrected chi connectivity index (χ2v) is 12.0. The maximum atomic E-state index is 13.0. The molecule has 1 aliphatic heterocycles. The van der Waals surface area contributed by atoms with E-state index in [1.165, 1.54) is 6.08 Å². The Balaban J connectivity index is 2.40. The molecule has 0 aromatic rings. The molecule has 0 fully saturated rings. The molecule has 1 radical (unpaired) electrons. The van der Waals surface area contributed by atoms with Crippen LogP contribution in [0.5, 0.6) is 0 Å². The van der Waals surface area contributed by atoms with Crippen molar-refractivity contribution in [2.24, 2.45) is 0 Å². The first-order chi connectivity index (χ1) is 6.42. The second-order valence-electron chi connectivity index (χ2n) is 2.88. The minimum absolute atomic E-state index is 0.0932. The third-order valence-corrected chi connectivity index (χ3v) is 3.53. The summed E-state index contributed by atoms with van der Waals surface area (Å²) in [5.41, 5.74) is 0. The molecular formula is C6H8BFI2O3P. The van der Waals surface area contributed by atoms with Gasteiger partial charge in [0, 0.05) is 12.7 Å². The molecule has 1 heterocycles. The standard InChI is InChI=1S/C6H8BFI2O3P/c1-14(10,11)3-12-5-2-4(8)6(7-9)13-5/h2,5-6H,3H2,1H3/t5-,6+,14?/m0/s1. The Morgan fingerprint density at radius 2 is 2.50 bits per heavy atom. The Morgan fingerprint density at radius 1 is 1.86 bits per heavy atom. The smallest absolute Gasteiger partial charge is 0.245 e. The van der Waals surface area contributed by atoms with E-state index < -0.39 is 17.1 Å². The summed E-state index contributed by atoms with van der Waals surface area (Å²) in [6.07, 6.45) is 0.635. The highest BCUT2D eigenvalue weighted by molar-refractivity contribution is 14.2. The van der Waals surface area contributed by atoms with Crippen LogP contribution in [0.25, 0.3) is 0 Å². The van der Waals surface area contributed by atoms with Crippen molar-refractivity contribution in [3.63, 3.8) is 0 Å². The fourth-order valence-corrected chi connectivity index (χ4v) is 2.27. The molecule has 0 bridgehead atoms. The predicted molar refractivity (Wildman–Crippen MR) is 71.1 cm³/mol. The molecule has 0 saturated heterocycles. The van der Waals surface area contributed by atoms with Gasteiger partial charge in [-0.1, -0.05) is 0 Å². The van der Waals surface area contributed by atoms with Crippen LogP contribution >= 0.6 is 49.2 Å². The molecule has 1 unspecified atom stereocenters. The Bertz CT molecular complexity index is 282. The van der Waals surface area contributed by atoms with Crippen LogP contribution in [0.2, 0.25) is 0 Å². The van der Waals surface area contributed by atoms with Crippen LogP contribution in [0, 0.1) is 0 Å². The Morgan fingerprint density at radius 3 is 2.93 bits per heavy atom. The summed E-state index contributed by atoms with van der Waals surface area (Å²) in [4.78, 5) is -2.26. The van der Waals surface area contributed by atoms with Crippen LogP contribution in [-0.4, -0.2) is 30.4 Å². The van der Waals surface area contributed by atoms with Gasteiger partial charge in [-0.05, 0) is 22.0 Å². The van der Waals surface area contributed by atoms with Crippen molar-refractivity contribution in [1.82, 2.24) is 0 Å². The summed E-state index contributed by atoms with van der Waals surface area (Å²) in [7, 11) is 0. The fourth-order valence-electron chi connectivity index (χ4n) is 0.857. The molecule has 0 aromatic carbocycles. The van der Waals surface area contributed by atoms with Crippen LogP contribution in [-0.2, 0) is 14.0 Å². The normalized spacial score (nSPS) is 31.0. The summed E-state index contributed by atoms with van der Waals surface area (Å²) in [6.45, 7) is 1.60. The molecule has 0 spiro atoms. The molecule has 1 rings (SSSR count). The van der Waals surface area contributed by atoms with Crippen LogP contribution in [0.15, 0.2) is 11.9 Å². The van der Waals surface area contributed by atoms with Gasteiger partial charge in [0.1, 0.15) is 12.2 Å². The third kappa shape index (κ3) is 4.46. The predicted octanol–water partition coefficient (Wildman–Crippen LogP) is 2.89. The van der Waals surface area contributed by atoms with Crippen molar-refractivity contribution in [1.29, 1.82) is 0 Å². The highest BCUT2D eigenvalue weighted by Gasteiger charge is 2.28. The summed E-state index contributed by atoms with van der Waals surface area (Å²) >= 11 is 3.75. The van der Waals surface area contributed by atoms with Gasteiger partial charge in [-0.3, -0.25) is 0 Å². The maximum absolute atomic E-state index is 13.0. The topological polar surface area (TPSA) is 35.5 Å². The lowest BCUT2D eigenvalue weighted by molar-refractivity contribution is -0.0883. The molecule has 14 heavy (non-hydrogen) atoms. The van der Waals surface area contributed by atoms with Gasteiger partial charge < -0.3 is 14.0 Å². The first-order valence-electron chi connectivity index (χ1n) is 3.76. The van der Waals surface area contributed by atoms with Crippen molar-refractivity contribution in [3.8, 4) is 0 Å². The average molecular weight is 443 g/mol. The Hall–Kier alpha value is 1.34. The summed E-state index contributed by atoms with van der Waals surface area (Å²) in [6, 6.07) is -0.633. The van der Waals surface area contributed by atoms with Crippen LogP contribution in [0.4, 0.5) is 4.39 Å².